The van der Waals surface area contributed by atoms with E-state index in [1.54, 1.807) is 13.0 Å². The molecule has 156 valence electrons. The number of carbonyl (C=O) groups excluding carboxylic acids is 1. The Morgan fingerprint density at radius 2 is 1.81 bits per heavy atom. The summed E-state index contributed by atoms with van der Waals surface area (Å²) in [6, 6.07) is 18.4. The van der Waals surface area contributed by atoms with Crippen molar-refractivity contribution in [1.82, 2.24) is 9.88 Å². The molecule has 0 N–H and O–H groups in total. The maximum Gasteiger partial charge on any atom is 0.254 e. The first kappa shape index (κ1) is 19.5. The molecule has 5 heteroatoms. The molecule has 1 aliphatic rings. The van der Waals surface area contributed by atoms with E-state index >= 15 is 0 Å². The number of aromatic nitrogens is 1. The minimum Gasteiger partial charge on any atom is -0.438 e. The van der Waals surface area contributed by atoms with Crippen LogP contribution in [0.3, 0.4) is 0 Å². The van der Waals surface area contributed by atoms with Gasteiger partial charge in [0, 0.05) is 12.1 Å². The molecular weight excluding hydrogens is 391 g/mol. The van der Waals surface area contributed by atoms with E-state index in [2.05, 4.69) is 0 Å². The van der Waals surface area contributed by atoms with E-state index < -0.39 is 0 Å². The van der Waals surface area contributed by atoms with Crippen molar-refractivity contribution in [3.05, 3.63) is 89.1 Å². The lowest BCUT2D eigenvalue weighted by Crippen LogP contribution is -2.31. The van der Waals surface area contributed by atoms with Crippen LogP contribution in [0.2, 0.25) is 0 Å². The van der Waals surface area contributed by atoms with Gasteiger partial charge in [0.2, 0.25) is 5.89 Å². The lowest BCUT2D eigenvalue weighted by Gasteiger charge is -2.23. The van der Waals surface area contributed by atoms with Crippen LogP contribution in [0.4, 0.5) is 4.39 Å². The molecule has 1 aliphatic heterocycles. The zero-order chi connectivity index (χ0) is 21.5. The van der Waals surface area contributed by atoms with E-state index in [-0.39, 0.29) is 17.8 Å². The van der Waals surface area contributed by atoms with E-state index in [0.717, 1.165) is 40.6 Å². The molecule has 1 fully saturated rings. The Labute approximate surface area is 180 Å². The molecule has 0 aliphatic carbocycles. The van der Waals surface area contributed by atoms with Crippen molar-refractivity contribution in [3.8, 4) is 11.1 Å². The standard InChI is InChI=1S/C26H23FN2O2/c1-16-6-3-4-7-20(16)26(30)29-13-5-8-23(29)25-28-22-15-19(10-12-24(22)31-25)18-9-11-21(27)17(2)14-18/h3-4,6-7,9-12,14-15,23H,5,8,13H2,1-2H3/t23-/m1/s1. The van der Waals surface area contributed by atoms with Gasteiger partial charge in [-0.15, -0.1) is 0 Å². The molecule has 5 rings (SSSR count). The predicted molar refractivity (Wildman–Crippen MR) is 118 cm³/mol. The lowest BCUT2D eigenvalue weighted by atomic mass is 10.0. The molecule has 31 heavy (non-hydrogen) atoms. The number of fused-ring (bicyclic) bond motifs is 1. The Kier molecular flexibility index (Phi) is 4.81. The number of carbonyl (C=O) groups is 1. The number of aryl methyl sites for hydroxylation is 2. The van der Waals surface area contributed by atoms with Crippen LogP contribution in [-0.4, -0.2) is 22.3 Å². The Morgan fingerprint density at radius 1 is 1.03 bits per heavy atom. The lowest BCUT2D eigenvalue weighted by molar-refractivity contribution is 0.0716. The Hall–Kier alpha value is -3.47. The highest BCUT2D eigenvalue weighted by Crippen LogP contribution is 2.35. The van der Waals surface area contributed by atoms with Crippen LogP contribution in [0.15, 0.2) is 65.1 Å². The molecule has 1 atom stereocenters. The number of hydrogen-bond donors (Lipinski definition) is 0. The second-order valence-electron chi connectivity index (χ2n) is 8.17. The van der Waals surface area contributed by atoms with Gasteiger partial charge < -0.3 is 9.32 Å². The van der Waals surface area contributed by atoms with Crippen molar-refractivity contribution < 1.29 is 13.6 Å². The number of hydrogen-bond acceptors (Lipinski definition) is 3. The van der Waals surface area contributed by atoms with Crippen molar-refractivity contribution >= 4 is 17.0 Å². The maximum atomic E-state index is 13.6. The minimum absolute atomic E-state index is 0.0188. The molecule has 0 saturated carbocycles. The van der Waals surface area contributed by atoms with Crippen LogP contribution in [0.1, 0.15) is 46.3 Å². The van der Waals surface area contributed by atoms with E-state index in [1.165, 1.54) is 6.07 Å². The second-order valence-corrected chi connectivity index (χ2v) is 8.17. The summed E-state index contributed by atoms with van der Waals surface area (Å²) < 4.78 is 19.7. The topological polar surface area (TPSA) is 46.3 Å². The van der Waals surface area contributed by atoms with Crippen LogP contribution >= 0.6 is 0 Å². The zero-order valence-corrected chi connectivity index (χ0v) is 17.6. The molecule has 4 aromatic rings. The average Bonchev–Trinajstić information content (AvgIpc) is 3.41. The first-order valence-corrected chi connectivity index (χ1v) is 10.5. The van der Waals surface area contributed by atoms with Gasteiger partial charge in [-0.25, -0.2) is 9.37 Å². The molecular formula is C26H23FN2O2. The highest BCUT2D eigenvalue weighted by Gasteiger charge is 2.34. The summed E-state index contributed by atoms with van der Waals surface area (Å²) in [5.74, 6) is 0.375. The molecule has 4 nitrogen and oxygen atoms in total. The molecule has 0 spiro atoms. The fourth-order valence-electron chi connectivity index (χ4n) is 4.33. The quantitative estimate of drug-likeness (QED) is 0.399. The molecule has 1 aromatic heterocycles. The summed E-state index contributed by atoms with van der Waals surface area (Å²) in [4.78, 5) is 19.8. The van der Waals surface area contributed by atoms with Gasteiger partial charge in [-0.3, -0.25) is 4.79 Å². The minimum atomic E-state index is -0.215. The molecule has 0 unspecified atom stereocenters. The number of likely N-dealkylation sites (tertiary alicyclic amines) is 1. The number of halogens is 1. The van der Waals surface area contributed by atoms with Gasteiger partial charge in [-0.05, 0) is 79.3 Å². The van der Waals surface area contributed by atoms with Crippen molar-refractivity contribution in [3.63, 3.8) is 0 Å². The van der Waals surface area contributed by atoms with Gasteiger partial charge in [-0.1, -0.05) is 30.3 Å². The van der Waals surface area contributed by atoms with Gasteiger partial charge >= 0.3 is 0 Å². The average molecular weight is 414 g/mol. The molecule has 1 amide bonds. The maximum absolute atomic E-state index is 13.6. The summed E-state index contributed by atoms with van der Waals surface area (Å²) in [6.07, 6.45) is 1.75. The molecule has 1 saturated heterocycles. The van der Waals surface area contributed by atoms with Gasteiger partial charge in [-0.2, -0.15) is 0 Å². The first-order chi connectivity index (χ1) is 15.0. The molecule has 3 aromatic carbocycles. The van der Waals surface area contributed by atoms with E-state index in [9.17, 15) is 9.18 Å². The fourth-order valence-corrected chi connectivity index (χ4v) is 4.33. The number of benzene rings is 3. The monoisotopic (exact) mass is 414 g/mol. The molecule has 0 radical (unpaired) electrons. The third-order valence-electron chi connectivity index (χ3n) is 6.07. The van der Waals surface area contributed by atoms with Crippen molar-refractivity contribution in [2.24, 2.45) is 0 Å². The largest absolute Gasteiger partial charge is 0.438 e. The summed E-state index contributed by atoms with van der Waals surface area (Å²) in [5.41, 5.74) is 5.61. The fraction of sp³-hybridized carbons (Fsp3) is 0.231. The summed E-state index contributed by atoms with van der Waals surface area (Å²) in [5, 5.41) is 0. The first-order valence-electron chi connectivity index (χ1n) is 10.5. The Morgan fingerprint density at radius 3 is 2.61 bits per heavy atom. The summed E-state index contributed by atoms with van der Waals surface area (Å²) >= 11 is 0. The van der Waals surface area contributed by atoms with Gasteiger partial charge in [0.25, 0.3) is 5.91 Å². The van der Waals surface area contributed by atoms with Crippen LogP contribution in [-0.2, 0) is 0 Å². The van der Waals surface area contributed by atoms with Gasteiger partial charge in [0.1, 0.15) is 17.4 Å². The van der Waals surface area contributed by atoms with Crippen molar-refractivity contribution in [1.29, 1.82) is 0 Å². The van der Waals surface area contributed by atoms with E-state index in [1.807, 2.05) is 60.4 Å². The Bertz CT molecular complexity index is 1290. The SMILES string of the molecule is Cc1cc(-c2ccc3oc([C@H]4CCCN4C(=O)c4ccccc4C)nc3c2)ccc1F. The summed E-state index contributed by atoms with van der Waals surface area (Å²) in [6.45, 7) is 4.40. The number of nitrogens with zero attached hydrogens (tertiary/aromatic N) is 2. The van der Waals surface area contributed by atoms with Crippen LogP contribution in [0.5, 0.6) is 0 Å². The van der Waals surface area contributed by atoms with Crippen LogP contribution in [0.25, 0.3) is 22.2 Å². The van der Waals surface area contributed by atoms with Crippen LogP contribution < -0.4 is 0 Å². The number of oxazole rings is 1. The van der Waals surface area contributed by atoms with Crippen molar-refractivity contribution in [2.45, 2.75) is 32.7 Å². The second kappa shape index (κ2) is 7.65. The van der Waals surface area contributed by atoms with Gasteiger partial charge in [0.15, 0.2) is 5.58 Å². The van der Waals surface area contributed by atoms with Crippen LogP contribution in [0, 0.1) is 19.7 Å². The number of rotatable bonds is 3. The third-order valence-corrected chi connectivity index (χ3v) is 6.07. The molecule has 0 bridgehead atoms. The Balaban J connectivity index is 1.47. The zero-order valence-electron chi connectivity index (χ0n) is 17.6. The highest BCUT2D eigenvalue weighted by molar-refractivity contribution is 5.96. The smallest absolute Gasteiger partial charge is 0.254 e. The van der Waals surface area contributed by atoms with E-state index in [4.69, 9.17) is 9.40 Å². The molecule has 2 heterocycles. The van der Waals surface area contributed by atoms with E-state index in [0.29, 0.717) is 23.6 Å². The van der Waals surface area contributed by atoms with Gasteiger partial charge in [0.05, 0.1) is 0 Å². The number of amides is 1. The summed E-state index contributed by atoms with van der Waals surface area (Å²) in [7, 11) is 0. The predicted octanol–water partition coefficient (Wildman–Crippen LogP) is 6.23. The van der Waals surface area contributed by atoms with Crippen molar-refractivity contribution in [2.75, 3.05) is 6.54 Å². The highest BCUT2D eigenvalue weighted by atomic mass is 19.1. The normalized spacial score (nSPS) is 16.2. The third kappa shape index (κ3) is 3.50.